The Labute approximate surface area is 173 Å². The maximum Gasteiger partial charge on any atom is 0.123 e. The van der Waals surface area contributed by atoms with Gasteiger partial charge in [0, 0.05) is 25.4 Å². The number of nitrogens with zero attached hydrogens (tertiary/aromatic N) is 3. The Hall–Kier alpha value is -3.14. The SMILES string of the molecule is C=Cc1ccccc1C(=C)N1C(c2ccccc2)N(C)N(C)C1c1ccccc1. The predicted molar refractivity (Wildman–Crippen MR) is 121 cm³/mol. The lowest BCUT2D eigenvalue weighted by Gasteiger charge is -2.34. The summed E-state index contributed by atoms with van der Waals surface area (Å²) >= 11 is 0. The zero-order chi connectivity index (χ0) is 20.4. The Morgan fingerprint density at radius 1 is 0.724 bits per heavy atom. The van der Waals surface area contributed by atoms with Crippen LogP contribution < -0.4 is 0 Å². The largest absolute Gasteiger partial charge is 0.329 e. The van der Waals surface area contributed by atoms with Crippen molar-refractivity contribution < 1.29 is 0 Å². The summed E-state index contributed by atoms with van der Waals surface area (Å²) in [6.07, 6.45) is 1.98. The second-order valence-electron chi connectivity index (χ2n) is 7.36. The van der Waals surface area contributed by atoms with Gasteiger partial charge in [-0.05, 0) is 16.7 Å². The molecule has 1 aliphatic rings. The van der Waals surface area contributed by atoms with Crippen molar-refractivity contribution in [1.82, 2.24) is 14.9 Å². The Bertz CT molecular complexity index is 945. The molecule has 3 aromatic carbocycles. The smallest absolute Gasteiger partial charge is 0.123 e. The van der Waals surface area contributed by atoms with Crippen molar-refractivity contribution in [3.05, 3.63) is 120 Å². The highest BCUT2D eigenvalue weighted by molar-refractivity contribution is 5.72. The van der Waals surface area contributed by atoms with Gasteiger partial charge in [-0.2, -0.15) is 0 Å². The van der Waals surface area contributed by atoms with Crippen molar-refractivity contribution in [3.63, 3.8) is 0 Å². The summed E-state index contributed by atoms with van der Waals surface area (Å²) in [5.74, 6) is 0. The summed E-state index contributed by atoms with van der Waals surface area (Å²) in [5.41, 5.74) is 5.65. The van der Waals surface area contributed by atoms with Crippen LogP contribution in [0.1, 0.15) is 34.6 Å². The van der Waals surface area contributed by atoms with Gasteiger partial charge < -0.3 is 4.90 Å². The third kappa shape index (κ3) is 3.39. The Morgan fingerprint density at radius 2 is 1.17 bits per heavy atom. The van der Waals surface area contributed by atoms with E-state index in [4.69, 9.17) is 0 Å². The van der Waals surface area contributed by atoms with Crippen molar-refractivity contribution in [1.29, 1.82) is 0 Å². The number of hydrazine groups is 1. The number of benzene rings is 3. The van der Waals surface area contributed by atoms with Gasteiger partial charge in [-0.25, -0.2) is 10.0 Å². The molecule has 2 unspecified atom stereocenters. The Kier molecular flexibility index (Phi) is 5.34. The first-order chi connectivity index (χ1) is 14.1. The number of rotatable bonds is 5. The molecule has 0 aliphatic carbocycles. The van der Waals surface area contributed by atoms with E-state index in [1.807, 2.05) is 12.1 Å². The first-order valence-electron chi connectivity index (χ1n) is 9.88. The van der Waals surface area contributed by atoms with Crippen LogP contribution in [0.25, 0.3) is 11.8 Å². The van der Waals surface area contributed by atoms with Crippen LogP contribution in [0.4, 0.5) is 0 Å². The molecule has 0 bridgehead atoms. The second-order valence-corrected chi connectivity index (χ2v) is 7.36. The minimum atomic E-state index is 0.0387. The van der Waals surface area contributed by atoms with E-state index in [0.29, 0.717) is 0 Å². The summed E-state index contributed by atoms with van der Waals surface area (Å²) in [6, 6.07) is 29.5. The van der Waals surface area contributed by atoms with Crippen LogP contribution in [-0.4, -0.2) is 29.0 Å². The third-order valence-electron chi connectivity index (χ3n) is 5.73. The normalized spacial score (nSPS) is 20.0. The molecule has 0 aromatic heterocycles. The minimum Gasteiger partial charge on any atom is -0.329 e. The average molecular weight is 382 g/mol. The molecule has 2 atom stereocenters. The van der Waals surface area contributed by atoms with Gasteiger partial charge in [-0.15, -0.1) is 0 Å². The maximum atomic E-state index is 4.56. The molecule has 3 aromatic rings. The molecule has 3 nitrogen and oxygen atoms in total. The van der Waals surface area contributed by atoms with E-state index in [0.717, 1.165) is 16.8 Å². The van der Waals surface area contributed by atoms with Gasteiger partial charge in [0.25, 0.3) is 0 Å². The van der Waals surface area contributed by atoms with Gasteiger partial charge in [0.05, 0.1) is 0 Å². The maximum absolute atomic E-state index is 4.56. The molecule has 0 spiro atoms. The van der Waals surface area contributed by atoms with Crippen LogP contribution >= 0.6 is 0 Å². The second kappa shape index (κ2) is 8.08. The quantitative estimate of drug-likeness (QED) is 0.554. The average Bonchev–Trinajstić information content (AvgIpc) is 3.05. The first-order valence-corrected chi connectivity index (χ1v) is 9.88. The van der Waals surface area contributed by atoms with Gasteiger partial charge in [-0.3, -0.25) is 0 Å². The van der Waals surface area contributed by atoms with Gasteiger partial charge in [0.1, 0.15) is 12.3 Å². The highest BCUT2D eigenvalue weighted by Crippen LogP contribution is 2.47. The predicted octanol–water partition coefficient (Wildman–Crippen LogP) is 5.79. The molecule has 1 fully saturated rings. The number of hydrogen-bond acceptors (Lipinski definition) is 3. The first kappa shape index (κ1) is 19.2. The lowest BCUT2D eigenvalue weighted by molar-refractivity contribution is 0.0252. The third-order valence-corrected chi connectivity index (χ3v) is 5.73. The molecule has 146 valence electrons. The molecular weight excluding hydrogens is 354 g/mol. The van der Waals surface area contributed by atoms with Crippen molar-refractivity contribution in [2.24, 2.45) is 0 Å². The fraction of sp³-hybridized carbons (Fsp3) is 0.154. The molecule has 0 amide bonds. The topological polar surface area (TPSA) is 9.72 Å². The van der Waals surface area contributed by atoms with E-state index in [9.17, 15) is 0 Å². The lowest BCUT2D eigenvalue weighted by atomic mass is 10.0. The standard InChI is InChI=1S/C26H27N3/c1-5-21-14-12-13-19-24(21)20(2)29-25(22-15-8-6-9-16-22)27(3)28(4)26(29)23-17-10-7-11-18-23/h5-19,25-26H,1-2H2,3-4H3. The van der Waals surface area contributed by atoms with E-state index in [1.165, 1.54) is 11.1 Å². The van der Waals surface area contributed by atoms with Crippen LogP contribution in [-0.2, 0) is 0 Å². The fourth-order valence-corrected chi connectivity index (χ4v) is 4.21. The lowest BCUT2D eigenvalue weighted by Crippen LogP contribution is -2.32. The van der Waals surface area contributed by atoms with Gasteiger partial charge in [0.15, 0.2) is 0 Å². The van der Waals surface area contributed by atoms with Gasteiger partial charge >= 0.3 is 0 Å². The molecule has 1 heterocycles. The minimum absolute atomic E-state index is 0.0387. The molecule has 0 radical (unpaired) electrons. The van der Waals surface area contributed by atoms with E-state index < -0.39 is 0 Å². The van der Waals surface area contributed by atoms with Gasteiger partial charge in [-0.1, -0.05) is 104 Å². The molecule has 4 rings (SSSR count). The van der Waals surface area contributed by atoms with E-state index in [-0.39, 0.29) is 12.3 Å². The van der Waals surface area contributed by atoms with E-state index in [1.54, 1.807) is 0 Å². The molecular formula is C26H27N3. The highest BCUT2D eigenvalue weighted by Gasteiger charge is 2.44. The van der Waals surface area contributed by atoms with Crippen molar-refractivity contribution >= 4 is 11.8 Å². The molecule has 1 aliphatic heterocycles. The molecule has 0 saturated carbocycles. The monoisotopic (exact) mass is 381 g/mol. The highest BCUT2D eigenvalue weighted by atomic mass is 15.8. The summed E-state index contributed by atoms with van der Waals surface area (Å²) in [7, 11) is 4.28. The molecule has 3 heteroatoms. The van der Waals surface area contributed by atoms with Crippen molar-refractivity contribution in [3.8, 4) is 0 Å². The summed E-state index contributed by atoms with van der Waals surface area (Å²) < 4.78 is 0. The van der Waals surface area contributed by atoms with Crippen LogP contribution in [0, 0.1) is 0 Å². The molecule has 29 heavy (non-hydrogen) atoms. The fourth-order valence-electron chi connectivity index (χ4n) is 4.21. The van der Waals surface area contributed by atoms with E-state index >= 15 is 0 Å². The molecule has 1 saturated heterocycles. The Balaban J connectivity index is 1.87. The zero-order valence-corrected chi connectivity index (χ0v) is 17.1. The zero-order valence-electron chi connectivity index (χ0n) is 17.1. The van der Waals surface area contributed by atoms with Crippen molar-refractivity contribution in [2.75, 3.05) is 14.1 Å². The summed E-state index contributed by atoms with van der Waals surface area (Å²) in [6.45, 7) is 8.57. The number of hydrogen-bond donors (Lipinski definition) is 0. The summed E-state index contributed by atoms with van der Waals surface area (Å²) in [5, 5.41) is 4.57. The van der Waals surface area contributed by atoms with Gasteiger partial charge in [0.2, 0.25) is 0 Å². The molecule has 0 N–H and O–H groups in total. The van der Waals surface area contributed by atoms with E-state index in [2.05, 4.69) is 121 Å². The van der Waals surface area contributed by atoms with Crippen molar-refractivity contribution in [2.45, 2.75) is 12.3 Å². The van der Waals surface area contributed by atoms with Crippen LogP contribution in [0.3, 0.4) is 0 Å². The van der Waals surface area contributed by atoms with Crippen LogP contribution in [0.5, 0.6) is 0 Å². The Morgan fingerprint density at radius 3 is 1.66 bits per heavy atom. The summed E-state index contributed by atoms with van der Waals surface area (Å²) in [4.78, 5) is 2.41. The van der Waals surface area contributed by atoms with Crippen LogP contribution in [0.15, 0.2) is 98.1 Å². The van der Waals surface area contributed by atoms with Crippen LogP contribution in [0.2, 0.25) is 0 Å².